The second kappa shape index (κ2) is 5.26. The highest BCUT2D eigenvalue weighted by atomic mass is 19.4. The van der Waals surface area contributed by atoms with Crippen LogP contribution in [0.4, 0.5) is 13.2 Å². The molecule has 20 heavy (non-hydrogen) atoms. The number of ether oxygens (including phenoxy) is 2. The van der Waals surface area contributed by atoms with Crippen molar-refractivity contribution in [3.05, 3.63) is 29.8 Å². The highest BCUT2D eigenvalue weighted by Gasteiger charge is 2.40. The van der Waals surface area contributed by atoms with Crippen LogP contribution in [0.1, 0.15) is 24.8 Å². The topological polar surface area (TPSA) is 30.5 Å². The summed E-state index contributed by atoms with van der Waals surface area (Å²) in [6, 6.07) is 6.37. The van der Waals surface area contributed by atoms with E-state index in [0.29, 0.717) is 18.7 Å². The smallest absolute Gasteiger partial charge is 0.406 e. The van der Waals surface area contributed by atoms with Crippen LogP contribution in [-0.4, -0.2) is 24.6 Å². The van der Waals surface area contributed by atoms with Gasteiger partial charge in [-0.2, -0.15) is 0 Å². The monoisotopic (exact) mass is 287 g/mol. The van der Waals surface area contributed by atoms with Crippen LogP contribution in [0.2, 0.25) is 0 Å². The van der Waals surface area contributed by atoms with Gasteiger partial charge in [0.15, 0.2) is 0 Å². The maximum absolute atomic E-state index is 12.2. The normalized spacial score (nSPS) is 28.9. The minimum atomic E-state index is -4.65. The molecule has 6 heteroatoms. The Bertz CT molecular complexity index is 478. The molecule has 1 aromatic carbocycles. The molecule has 2 bridgehead atoms. The molecule has 2 fully saturated rings. The lowest BCUT2D eigenvalue weighted by Gasteiger charge is -2.20. The van der Waals surface area contributed by atoms with Gasteiger partial charge in [0.25, 0.3) is 0 Å². The Morgan fingerprint density at radius 3 is 2.80 bits per heavy atom. The summed E-state index contributed by atoms with van der Waals surface area (Å²) in [5.74, 6) is -0.180. The van der Waals surface area contributed by atoms with E-state index in [0.717, 1.165) is 24.8 Å². The van der Waals surface area contributed by atoms with Crippen LogP contribution in [-0.2, 0) is 11.3 Å². The summed E-state index contributed by atoms with van der Waals surface area (Å²) >= 11 is 0. The van der Waals surface area contributed by atoms with E-state index in [2.05, 4.69) is 10.1 Å². The number of fused-ring (bicyclic) bond motifs is 2. The molecule has 3 unspecified atom stereocenters. The third kappa shape index (κ3) is 3.24. The van der Waals surface area contributed by atoms with E-state index >= 15 is 0 Å². The van der Waals surface area contributed by atoms with Crippen molar-refractivity contribution in [3.63, 3.8) is 0 Å². The predicted octanol–water partition coefficient (Wildman–Crippen LogP) is 2.99. The summed E-state index contributed by atoms with van der Waals surface area (Å²) in [5.41, 5.74) is 0.773. The van der Waals surface area contributed by atoms with E-state index in [1.165, 1.54) is 12.1 Å². The van der Waals surface area contributed by atoms with Crippen LogP contribution < -0.4 is 10.1 Å². The van der Waals surface area contributed by atoms with Crippen LogP contribution in [0, 0.1) is 0 Å². The number of benzene rings is 1. The zero-order chi connectivity index (χ0) is 14.2. The van der Waals surface area contributed by atoms with Crippen molar-refractivity contribution < 1.29 is 22.6 Å². The fraction of sp³-hybridized carbons (Fsp3) is 0.571. The van der Waals surface area contributed by atoms with Crippen molar-refractivity contribution in [2.45, 2.75) is 50.4 Å². The van der Waals surface area contributed by atoms with Crippen molar-refractivity contribution in [2.75, 3.05) is 0 Å². The molecule has 0 aromatic heterocycles. The quantitative estimate of drug-likeness (QED) is 0.923. The number of rotatable bonds is 4. The maximum Gasteiger partial charge on any atom is 0.573 e. The Morgan fingerprint density at radius 1 is 1.30 bits per heavy atom. The Labute approximate surface area is 115 Å². The lowest BCUT2D eigenvalue weighted by atomic mass is 9.95. The lowest BCUT2D eigenvalue weighted by Crippen LogP contribution is -2.36. The first-order valence-corrected chi connectivity index (χ1v) is 6.73. The maximum atomic E-state index is 12.2. The first-order chi connectivity index (χ1) is 9.49. The summed E-state index contributed by atoms with van der Waals surface area (Å²) in [6.45, 7) is 0.520. The van der Waals surface area contributed by atoms with Gasteiger partial charge in [-0.25, -0.2) is 0 Å². The summed E-state index contributed by atoms with van der Waals surface area (Å²) in [7, 11) is 0. The average Bonchev–Trinajstić information content (AvgIpc) is 2.97. The first-order valence-electron chi connectivity index (χ1n) is 6.73. The Hall–Kier alpha value is -1.27. The van der Waals surface area contributed by atoms with Crippen molar-refractivity contribution in [1.82, 2.24) is 5.32 Å². The minimum absolute atomic E-state index is 0.180. The molecule has 0 amide bonds. The van der Waals surface area contributed by atoms with E-state index in [-0.39, 0.29) is 11.9 Å². The second-order valence-electron chi connectivity index (χ2n) is 5.29. The number of nitrogens with one attached hydrogen (secondary N) is 1. The molecule has 3 nitrogen and oxygen atoms in total. The molecular formula is C14H16F3NO2. The first kappa shape index (κ1) is 13.7. The summed E-state index contributed by atoms with van der Waals surface area (Å²) in [4.78, 5) is 0. The van der Waals surface area contributed by atoms with Gasteiger partial charge in [-0.1, -0.05) is 12.1 Å². The van der Waals surface area contributed by atoms with Gasteiger partial charge < -0.3 is 14.8 Å². The Morgan fingerprint density at radius 2 is 2.15 bits per heavy atom. The highest BCUT2D eigenvalue weighted by molar-refractivity contribution is 5.28. The standard InChI is InChI=1S/C14H16F3NO2/c15-14(16,17)20-11-3-1-2-9(6-11)8-18-12-7-10-4-5-13(12)19-10/h1-3,6,10,12-13,18H,4-5,7-8H2. The summed E-state index contributed by atoms with van der Waals surface area (Å²) in [6.07, 6.45) is -0.849. The zero-order valence-corrected chi connectivity index (χ0v) is 10.8. The van der Waals surface area contributed by atoms with E-state index in [1.54, 1.807) is 12.1 Å². The molecule has 0 spiro atoms. The summed E-state index contributed by atoms with van der Waals surface area (Å²) in [5, 5.41) is 3.36. The second-order valence-corrected chi connectivity index (χ2v) is 5.29. The molecule has 110 valence electrons. The minimum Gasteiger partial charge on any atom is -0.406 e. The SMILES string of the molecule is FC(F)(F)Oc1cccc(CNC2CC3CCC2O3)c1. The molecule has 1 aromatic rings. The van der Waals surface area contributed by atoms with Gasteiger partial charge in [0, 0.05) is 12.6 Å². The molecule has 3 rings (SSSR count). The molecular weight excluding hydrogens is 271 g/mol. The van der Waals surface area contributed by atoms with Gasteiger partial charge in [0.1, 0.15) is 5.75 Å². The Balaban J connectivity index is 1.56. The van der Waals surface area contributed by atoms with Gasteiger partial charge >= 0.3 is 6.36 Å². The lowest BCUT2D eigenvalue weighted by molar-refractivity contribution is -0.274. The highest BCUT2D eigenvalue weighted by Crippen LogP contribution is 2.34. The van der Waals surface area contributed by atoms with Crippen LogP contribution in [0.25, 0.3) is 0 Å². The van der Waals surface area contributed by atoms with Crippen molar-refractivity contribution in [3.8, 4) is 5.75 Å². The van der Waals surface area contributed by atoms with Crippen LogP contribution in [0.5, 0.6) is 5.75 Å². The van der Waals surface area contributed by atoms with E-state index < -0.39 is 6.36 Å². The molecule has 0 aliphatic carbocycles. The average molecular weight is 287 g/mol. The van der Waals surface area contributed by atoms with E-state index in [9.17, 15) is 13.2 Å². The summed E-state index contributed by atoms with van der Waals surface area (Å²) < 4.78 is 46.1. The number of hydrogen-bond donors (Lipinski definition) is 1. The van der Waals surface area contributed by atoms with Gasteiger partial charge in [-0.05, 0) is 37.0 Å². The number of hydrogen-bond acceptors (Lipinski definition) is 3. The predicted molar refractivity (Wildman–Crippen MR) is 66.3 cm³/mol. The zero-order valence-electron chi connectivity index (χ0n) is 10.8. The van der Waals surface area contributed by atoms with Crippen LogP contribution in [0.15, 0.2) is 24.3 Å². The molecule has 2 aliphatic heterocycles. The molecule has 3 atom stereocenters. The number of alkyl halides is 3. The fourth-order valence-corrected chi connectivity index (χ4v) is 2.95. The van der Waals surface area contributed by atoms with Gasteiger partial charge in [0.05, 0.1) is 12.2 Å². The van der Waals surface area contributed by atoms with Gasteiger partial charge in [0.2, 0.25) is 0 Å². The molecule has 0 saturated carbocycles. The third-order valence-corrected chi connectivity index (χ3v) is 3.81. The van der Waals surface area contributed by atoms with Crippen LogP contribution in [0.3, 0.4) is 0 Å². The third-order valence-electron chi connectivity index (χ3n) is 3.81. The van der Waals surface area contributed by atoms with Crippen molar-refractivity contribution in [2.24, 2.45) is 0 Å². The fourth-order valence-electron chi connectivity index (χ4n) is 2.95. The van der Waals surface area contributed by atoms with Crippen molar-refractivity contribution >= 4 is 0 Å². The molecule has 2 heterocycles. The number of halogens is 3. The molecule has 2 saturated heterocycles. The molecule has 2 aliphatic rings. The molecule has 0 radical (unpaired) electrons. The van der Waals surface area contributed by atoms with E-state index in [4.69, 9.17) is 4.74 Å². The largest absolute Gasteiger partial charge is 0.573 e. The van der Waals surface area contributed by atoms with Gasteiger partial charge in [-0.3, -0.25) is 0 Å². The van der Waals surface area contributed by atoms with E-state index in [1.807, 2.05) is 0 Å². The Kier molecular flexibility index (Phi) is 3.60. The van der Waals surface area contributed by atoms with Crippen molar-refractivity contribution in [1.29, 1.82) is 0 Å². The molecule has 1 N–H and O–H groups in total. The van der Waals surface area contributed by atoms with Crippen LogP contribution >= 0.6 is 0 Å². The van der Waals surface area contributed by atoms with Gasteiger partial charge in [-0.15, -0.1) is 13.2 Å².